The molecule has 1 saturated heterocycles. The number of carbonyl (C=O) groups is 2. The van der Waals surface area contributed by atoms with Crippen LogP contribution >= 0.6 is 11.6 Å². The molecule has 2 aliphatic rings. The second kappa shape index (κ2) is 7.61. The van der Waals surface area contributed by atoms with Crippen molar-refractivity contribution < 1.29 is 18.7 Å². The lowest BCUT2D eigenvalue weighted by atomic mass is 10.0. The molecule has 7 heteroatoms. The first-order valence-corrected chi connectivity index (χ1v) is 9.78. The fraction of sp³-hybridized carbons (Fsp3) is 0.273. The Morgan fingerprint density at radius 1 is 0.931 bits per heavy atom. The molecule has 0 saturated carbocycles. The average molecular weight is 415 g/mol. The van der Waals surface area contributed by atoms with Gasteiger partial charge in [-0.25, -0.2) is 9.29 Å². The molecule has 0 spiro atoms. The lowest BCUT2D eigenvalue weighted by Gasteiger charge is -2.37. The van der Waals surface area contributed by atoms with Crippen LogP contribution in [0.15, 0.2) is 54.2 Å². The summed E-state index contributed by atoms with van der Waals surface area (Å²) in [5.41, 5.74) is 1.53. The van der Waals surface area contributed by atoms with Gasteiger partial charge in [0.15, 0.2) is 0 Å². The molecule has 0 N–H and O–H groups in total. The van der Waals surface area contributed by atoms with Crippen LogP contribution in [-0.4, -0.2) is 42.0 Å². The Bertz CT molecular complexity index is 978. The van der Waals surface area contributed by atoms with Crippen LogP contribution < -0.4 is 4.90 Å². The van der Waals surface area contributed by atoms with Gasteiger partial charge in [-0.05, 0) is 55.8 Å². The number of imide groups is 1. The molecule has 29 heavy (non-hydrogen) atoms. The summed E-state index contributed by atoms with van der Waals surface area (Å²) in [5.74, 6) is -1.25. The summed E-state index contributed by atoms with van der Waals surface area (Å²) >= 11 is 5.96. The Morgan fingerprint density at radius 2 is 1.52 bits per heavy atom. The highest BCUT2D eigenvalue weighted by Gasteiger charge is 2.43. The molecule has 150 valence electrons. The van der Waals surface area contributed by atoms with Gasteiger partial charge in [0, 0.05) is 18.1 Å². The summed E-state index contributed by atoms with van der Waals surface area (Å²) in [7, 11) is 0. The van der Waals surface area contributed by atoms with Gasteiger partial charge in [-0.3, -0.25) is 9.59 Å². The molecule has 0 aromatic heterocycles. The normalized spacial score (nSPS) is 22.6. The molecule has 0 aliphatic carbocycles. The van der Waals surface area contributed by atoms with Crippen LogP contribution in [0.5, 0.6) is 0 Å². The Labute approximate surface area is 173 Å². The number of hydrogen-bond acceptors (Lipinski definition) is 4. The van der Waals surface area contributed by atoms with Crippen molar-refractivity contribution in [2.45, 2.75) is 26.1 Å². The van der Waals surface area contributed by atoms with Crippen molar-refractivity contribution in [3.05, 3.63) is 70.6 Å². The molecule has 2 aromatic carbocycles. The molecule has 2 atom stereocenters. The first-order valence-electron chi connectivity index (χ1n) is 9.40. The zero-order valence-corrected chi connectivity index (χ0v) is 16.8. The van der Waals surface area contributed by atoms with Gasteiger partial charge in [0.25, 0.3) is 11.8 Å². The third-order valence-electron chi connectivity index (χ3n) is 5.01. The van der Waals surface area contributed by atoms with E-state index >= 15 is 0 Å². The van der Waals surface area contributed by atoms with Crippen molar-refractivity contribution in [3.8, 4) is 0 Å². The minimum Gasteiger partial charge on any atom is -0.372 e. The van der Waals surface area contributed by atoms with E-state index in [2.05, 4.69) is 0 Å². The van der Waals surface area contributed by atoms with E-state index < -0.39 is 17.6 Å². The Hall–Kier alpha value is -2.70. The topological polar surface area (TPSA) is 49.9 Å². The van der Waals surface area contributed by atoms with Gasteiger partial charge in [-0.1, -0.05) is 23.7 Å². The number of anilines is 1. The zero-order valence-electron chi connectivity index (χ0n) is 16.1. The monoisotopic (exact) mass is 414 g/mol. The summed E-state index contributed by atoms with van der Waals surface area (Å²) in [4.78, 5) is 29.8. The number of ether oxygens (including phenoxy) is 1. The van der Waals surface area contributed by atoms with Gasteiger partial charge >= 0.3 is 0 Å². The number of nitrogens with zero attached hydrogens (tertiary/aromatic N) is 2. The van der Waals surface area contributed by atoms with E-state index in [9.17, 15) is 14.0 Å². The summed E-state index contributed by atoms with van der Waals surface area (Å²) in [6, 6.07) is 12.1. The molecular formula is C22H20ClFN2O3. The maximum atomic E-state index is 13.5. The summed E-state index contributed by atoms with van der Waals surface area (Å²) in [6.45, 7) is 4.83. The number of carbonyl (C=O) groups excluding carboxylic acids is 2. The van der Waals surface area contributed by atoms with E-state index in [0.717, 1.165) is 4.90 Å². The van der Waals surface area contributed by atoms with Crippen LogP contribution in [0.2, 0.25) is 5.02 Å². The number of benzene rings is 2. The average Bonchev–Trinajstić information content (AvgIpc) is 2.93. The minimum absolute atomic E-state index is 0.0896. The predicted octanol–water partition coefficient (Wildman–Crippen LogP) is 3.87. The minimum atomic E-state index is -0.439. The smallest absolute Gasteiger partial charge is 0.282 e. The van der Waals surface area contributed by atoms with E-state index in [0.29, 0.717) is 35.1 Å². The molecule has 2 unspecified atom stereocenters. The second-order valence-electron chi connectivity index (χ2n) is 7.31. The number of amides is 2. The summed E-state index contributed by atoms with van der Waals surface area (Å²) in [6.07, 6.45) is -0.179. The molecule has 5 nitrogen and oxygen atoms in total. The van der Waals surface area contributed by atoms with Crippen LogP contribution in [0, 0.1) is 5.82 Å². The van der Waals surface area contributed by atoms with E-state index in [4.69, 9.17) is 16.3 Å². The largest absolute Gasteiger partial charge is 0.372 e. The summed E-state index contributed by atoms with van der Waals surface area (Å²) < 4.78 is 19.2. The Balaban J connectivity index is 1.82. The Kier molecular flexibility index (Phi) is 5.15. The number of halogens is 2. The Morgan fingerprint density at radius 3 is 2.10 bits per heavy atom. The van der Waals surface area contributed by atoms with Gasteiger partial charge in [0.05, 0.1) is 23.5 Å². The second-order valence-corrected chi connectivity index (χ2v) is 7.75. The van der Waals surface area contributed by atoms with Crippen LogP contribution in [0.4, 0.5) is 10.1 Å². The quantitative estimate of drug-likeness (QED) is 0.715. The number of morpholine rings is 1. The van der Waals surface area contributed by atoms with Gasteiger partial charge in [-0.15, -0.1) is 0 Å². The summed E-state index contributed by atoms with van der Waals surface area (Å²) in [5, 5.41) is 0.510. The molecule has 2 amide bonds. The molecule has 0 radical (unpaired) electrons. The van der Waals surface area contributed by atoms with Crippen molar-refractivity contribution in [2.75, 3.05) is 18.0 Å². The SMILES string of the molecule is CC1CN(C2=C(c3ccc(F)cc3)C(=O)N(c3ccc(Cl)cc3)C2=O)CC(C)O1. The molecule has 1 fully saturated rings. The van der Waals surface area contributed by atoms with E-state index in [-0.39, 0.29) is 17.8 Å². The molecule has 2 aliphatic heterocycles. The molecule has 0 bridgehead atoms. The fourth-order valence-electron chi connectivity index (χ4n) is 3.87. The van der Waals surface area contributed by atoms with Crippen molar-refractivity contribution in [1.82, 2.24) is 4.90 Å². The van der Waals surface area contributed by atoms with Crippen LogP contribution in [0.25, 0.3) is 5.57 Å². The third kappa shape index (κ3) is 3.66. The van der Waals surface area contributed by atoms with Crippen LogP contribution in [0.1, 0.15) is 19.4 Å². The highest BCUT2D eigenvalue weighted by atomic mass is 35.5. The van der Waals surface area contributed by atoms with Gasteiger partial charge in [-0.2, -0.15) is 0 Å². The van der Waals surface area contributed by atoms with Crippen molar-refractivity contribution in [2.24, 2.45) is 0 Å². The van der Waals surface area contributed by atoms with Gasteiger partial charge in [0.2, 0.25) is 0 Å². The van der Waals surface area contributed by atoms with E-state index in [1.165, 1.54) is 24.3 Å². The fourth-order valence-corrected chi connectivity index (χ4v) is 4.00. The molecule has 2 aromatic rings. The third-order valence-corrected chi connectivity index (χ3v) is 5.26. The van der Waals surface area contributed by atoms with E-state index in [1.807, 2.05) is 18.7 Å². The van der Waals surface area contributed by atoms with Crippen molar-refractivity contribution in [1.29, 1.82) is 0 Å². The van der Waals surface area contributed by atoms with Gasteiger partial charge in [0.1, 0.15) is 11.5 Å². The highest BCUT2D eigenvalue weighted by molar-refractivity contribution is 6.45. The zero-order chi connectivity index (χ0) is 20.7. The molecule has 4 rings (SSSR count). The maximum absolute atomic E-state index is 13.5. The highest BCUT2D eigenvalue weighted by Crippen LogP contribution is 2.36. The molecular weight excluding hydrogens is 395 g/mol. The van der Waals surface area contributed by atoms with Crippen molar-refractivity contribution in [3.63, 3.8) is 0 Å². The predicted molar refractivity (Wildman–Crippen MR) is 109 cm³/mol. The van der Waals surface area contributed by atoms with Crippen molar-refractivity contribution >= 4 is 34.7 Å². The first-order chi connectivity index (χ1) is 13.8. The van der Waals surface area contributed by atoms with Crippen LogP contribution in [0.3, 0.4) is 0 Å². The lowest BCUT2D eigenvalue weighted by molar-refractivity contribution is -0.121. The number of rotatable bonds is 3. The maximum Gasteiger partial charge on any atom is 0.282 e. The van der Waals surface area contributed by atoms with E-state index in [1.54, 1.807) is 24.3 Å². The standard InChI is InChI=1S/C22H20ClFN2O3/c1-13-11-25(12-14(2)29-13)20-19(15-3-7-17(24)8-4-15)21(27)26(22(20)28)18-9-5-16(23)6-10-18/h3-10,13-14H,11-12H2,1-2H3. The number of hydrogen-bond donors (Lipinski definition) is 0. The lowest BCUT2D eigenvalue weighted by Crippen LogP contribution is -2.47. The first kappa shape index (κ1) is 19.6. The molecule has 2 heterocycles. The van der Waals surface area contributed by atoms with Crippen LogP contribution in [-0.2, 0) is 14.3 Å². The van der Waals surface area contributed by atoms with Gasteiger partial charge < -0.3 is 9.64 Å².